The molecule has 2 rings (SSSR count). The van der Waals surface area contributed by atoms with E-state index in [1.807, 2.05) is 0 Å². The monoisotopic (exact) mass is 362 g/mol. The maximum Gasteiger partial charge on any atom is 0.352 e. The summed E-state index contributed by atoms with van der Waals surface area (Å²) in [6, 6.07) is 6.77. The molecule has 1 aromatic heterocycles. The third kappa shape index (κ3) is 3.52. The number of carbonyl (C=O) groups excluding carboxylic acids is 1. The first kappa shape index (κ1) is 16.6. The summed E-state index contributed by atoms with van der Waals surface area (Å²) < 4.78 is 39.0. The first-order valence-electron chi connectivity index (χ1n) is 5.83. The van der Waals surface area contributed by atoms with Crippen LogP contribution in [-0.2, 0) is 14.9 Å². The van der Waals surface area contributed by atoms with Crippen LogP contribution in [0.1, 0.15) is 9.67 Å². The van der Waals surface area contributed by atoms with Gasteiger partial charge < -0.3 is 13.7 Å². The number of rotatable bonds is 5. The van der Waals surface area contributed by atoms with E-state index < -0.39 is 16.1 Å². The normalized spacial score (nSPS) is 11.0. The summed E-state index contributed by atoms with van der Waals surface area (Å²) in [4.78, 5) is 11.6. The molecule has 6 nitrogen and oxygen atoms in total. The summed E-state index contributed by atoms with van der Waals surface area (Å²) >= 11 is 6.64. The fraction of sp³-hybridized carbons (Fsp3) is 0.154. The molecule has 118 valence electrons. The quantitative estimate of drug-likeness (QED) is 0.601. The largest absolute Gasteiger partial charge is 0.487 e. The molecule has 0 spiro atoms. The molecule has 0 fully saturated rings. The van der Waals surface area contributed by atoms with Crippen LogP contribution in [-0.4, -0.2) is 28.6 Å². The smallest absolute Gasteiger partial charge is 0.352 e. The highest BCUT2D eigenvalue weighted by molar-refractivity contribution is 7.87. The molecule has 1 aromatic carbocycles. The van der Waals surface area contributed by atoms with Crippen LogP contribution >= 0.6 is 22.9 Å². The van der Waals surface area contributed by atoms with Crippen LogP contribution in [0.3, 0.4) is 0 Å². The Morgan fingerprint density at radius 2 is 1.82 bits per heavy atom. The van der Waals surface area contributed by atoms with Gasteiger partial charge in [0, 0.05) is 11.1 Å². The lowest BCUT2D eigenvalue weighted by Crippen LogP contribution is -2.11. The van der Waals surface area contributed by atoms with Crippen molar-refractivity contribution < 1.29 is 26.9 Å². The molecule has 0 radical (unpaired) electrons. The van der Waals surface area contributed by atoms with Crippen molar-refractivity contribution >= 4 is 39.0 Å². The maximum absolute atomic E-state index is 12.2. The van der Waals surface area contributed by atoms with Gasteiger partial charge in [0.2, 0.25) is 0 Å². The molecule has 0 aliphatic heterocycles. The Kier molecular flexibility index (Phi) is 4.94. The number of esters is 1. The minimum absolute atomic E-state index is 0.00288. The fourth-order valence-corrected chi connectivity index (χ4v) is 3.45. The highest BCUT2D eigenvalue weighted by atomic mass is 35.5. The molecule has 0 unspecified atom stereocenters. The van der Waals surface area contributed by atoms with Gasteiger partial charge in [-0.05, 0) is 24.3 Å². The molecule has 0 saturated heterocycles. The van der Waals surface area contributed by atoms with Crippen molar-refractivity contribution in [3.63, 3.8) is 0 Å². The van der Waals surface area contributed by atoms with Crippen LogP contribution in [0.2, 0.25) is 5.02 Å². The van der Waals surface area contributed by atoms with Gasteiger partial charge in [0.25, 0.3) is 0 Å². The van der Waals surface area contributed by atoms with Crippen LogP contribution in [0.15, 0.2) is 35.2 Å². The molecule has 2 aromatic rings. The lowest BCUT2D eigenvalue weighted by molar-refractivity contribution is 0.0604. The van der Waals surface area contributed by atoms with E-state index in [-0.39, 0.29) is 15.5 Å². The zero-order valence-electron chi connectivity index (χ0n) is 11.5. The number of thiophene rings is 1. The van der Waals surface area contributed by atoms with Gasteiger partial charge >= 0.3 is 16.1 Å². The molecular formula is C13H11ClO6S2. The maximum atomic E-state index is 12.2. The zero-order valence-corrected chi connectivity index (χ0v) is 13.9. The lowest BCUT2D eigenvalue weighted by Gasteiger charge is -2.06. The third-order valence-electron chi connectivity index (χ3n) is 2.55. The number of benzene rings is 1. The van der Waals surface area contributed by atoms with Gasteiger partial charge in [-0.25, -0.2) is 4.79 Å². The van der Waals surface area contributed by atoms with Crippen molar-refractivity contribution in [2.24, 2.45) is 0 Å². The van der Waals surface area contributed by atoms with Crippen molar-refractivity contribution in [2.75, 3.05) is 14.2 Å². The topological polar surface area (TPSA) is 78.9 Å². The van der Waals surface area contributed by atoms with E-state index in [9.17, 15) is 13.2 Å². The summed E-state index contributed by atoms with van der Waals surface area (Å²) in [6.45, 7) is 0. The van der Waals surface area contributed by atoms with Crippen molar-refractivity contribution in [3.8, 4) is 10.8 Å². The second-order valence-corrected chi connectivity index (χ2v) is 6.94. The van der Waals surface area contributed by atoms with Crippen molar-refractivity contribution in [2.45, 2.75) is 4.90 Å². The molecule has 9 heteroatoms. The van der Waals surface area contributed by atoms with E-state index in [0.717, 1.165) is 11.3 Å². The summed E-state index contributed by atoms with van der Waals surface area (Å²) in [5, 5.41) is 0.716. The average Bonchev–Trinajstić information content (AvgIpc) is 2.89. The predicted molar refractivity (Wildman–Crippen MR) is 81.5 cm³/mol. The van der Waals surface area contributed by atoms with Crippen molar-refractivity contribution in [1.82, 2.24) is 0 Å². The van der Waals surface area contributed by atoms with Crippen molar-refractivity contribution in [3.05, 3.63) is 40.2 Å². The number of methoxy groups -OCH3 is 2. The minimum atomic E-state index is -4.10. The highest BCUT2D eigenvalue weighted by Gasteiger charge is 2.25. The van der Waals surface area contributed by atoms with Crippen LogP contribution < -0.4 is 8.92 Å². The Morgan fingerprint density at radius 1 is 1.18 bits per heavy atom. The molecule has 0 bridgehead atoms. The van der Waals surface area contributed by atoms with E-state index in [1.165, 1.54) is 44.6 Å². The van der Waals surface area contributed by atoms with Crippen molar-refractivity contribution in [1.29, 1.82) is 0 Å². The van der Waals surface area contributed by atoms with Gasteiger partial charge in [-0.1, -0.05) is 22.9 Å². The van der Waals surface area contributed by atoms with Gasteiger partial charge in [0.15, 0.2) is 15.7 Å². The van der Waals surface area contributed by atoms with Crippen LogP contribution in [0.25, 0.3) is 0 Å². The summed E-state index contributed by atoms with van der Waals surface area (Å²) in [7, 11) is -1.52. The van der Waals surface area contributed by atoms with Crippen LogP contribution in [0, 0.1) is 0 Å². The van der Waals surface area contributed by atoms with Crippen LogP contribution in [0.5, 0.6) is 10.8 Å². The van der Waals surface area contributed by atoms with E-state index in [2.05, 4.69) is 4.74 Å². The number of hydrogen-bond acceptors (Lipinski definition) is 7. The first-order chi connectivity index (χ1) is 10.4. The molecule has 0 saturated carbocycles. The predicted octanol–water partition coefficient (Wildman–Crippen LogP) is 2.96. The number of halogens is 1. The third-order valence-corrected chi connectivity index (χ3v) is 5.11. The number of carbonyl (C=O) groups is 1. The van der Waals surface area contributed by atoms with E-state index in [0.29, 0.717) is 10.1 Å². The fourth-order valence-electron chi connectivity index (χ4n) is 1.52. The molecule has 0 aliphatic rings. The second-order valence-electron chi connectivity index (χ2n) is 3.95. The average molecular weight is 363 g/mol. The Labute approximate surface area is 136 Å². The Balaban J connectivity index is 2.38. The van der Waals surface area contributed by atoms with E-state index in [1.54, 1.807) is 0 Å². The minimum Gasteiger partial charge on any atom is -0.487 e. The Hall–Kier alpha value is -1.77. The Morgan fingerprint density at radius 3 is 2.36 bits per heavy atom. The van der Waals surface area contributed by atoms with Gasteiger partial charge in [0.05, 0.1) is 14.2 Å². The Bertz CT molecular complexity index is 779. The standard InChI is InChI=1S/C13H11ClO6S2/c1-18-11-7-10(12(21-11)13(15)19-2)20-22(16,17)9-5-3-8(14)4-6-9/h3-7H,1-2H3. The number of hydrogen-bond donors (Lipinski definition) is 0. The SMILES string of the molecule is COC(=O)c1sc(OC)cc1OS(=O)(=O)c1ccc(Cl)cc1. The summed E-state index contributed by atoms with van der Waals surface area (Å²) in [5.41, 5.74) is 0. The molecule has 0 amide bonds. The van der Waals surface area contributed by atoms with Gasteiger partial charge in [0.1, 0.15) is 4.90 Å². The lowest BCUT2D eigenvalue weighted by atomic mass is 10.4. The first-order valence-corrected chi connectivity index (χ1v) is 8.44. The van der Waals surface area contributed by atoms with Gasteiger partial charge in [-0.2, -0.15) is 8.42 Å². The molecule has 22 heavy (non-hydrogen) atoms. The molecule has 0 aliphatic carbocycles. The molecular weight excluding hydrogens is 352 g/mol. The summed E-state index contributed by atoms with van der Waals surface area (Å²) in [5.74, 6) is -0.863. The second kappa shape index (κ2) is 6.55. The number of ether oxygens (including phenoxy) is 2. The highest BCUT2D eigenvalue weighted by Crippen LogP contribution is 2.37. The molecule has 0 atom stereocenters. The van der Waals surface area contributed by atoms with E-state index >= 15 is 0 Å². The molecule has 0 N–H and O–H groups in total. The van der Waals surface area contributed by atoms with Gasteiger partial charge in [-0.3, -0.25) is 0 Å². The summed E-state index contributed by atoms with van der Waals surface area (Å²) in [6.07, 6.45) is 0. The zero-order chi connectivity index (χ0) is 16.3. The van der Waals surface area contributed by atoms with Gasteiger partial charge in [-0.15, -0.1) is 0 Å². The molecule has 1 heterocycles. The van der Waals surface area contributed by atoms with E-state index in [4.69, 9.17) is 20.5 Å². The van der Waals surface area contributed by atoms with Crippen LogP contribution in [0.4, 0.5) is 0 Å².